The number of hydrogen-bond donors (Lipinski definition) is 1. The number of carbonyl (C=O) groups is 1. The number of thiophene rings is 1. The van der Waals surface area contributed by atoms with Crippen LogP contribution in [0, 0.1) is 17.1 Å². The first-order chi connectivity index (χ1) is 13.1. The van der Waals surface area contributed by atoms with Gasteiger partial charge in [-0.1, -0.05) is 18.2 Å². The molecule has 3 rings (SSSR count). The van der Waals surface area contributed by atoms with Crippen molar-refractivity contribution in [1.29, 1.82) is 5.26 Å². The summed E-state index contributed by atoms with van der Waals surface area (Å²) in [5, 5.41) is 13.7. The maximum absolute atomic E-state index is 13.3. The van der Waals surface area contributed by atoms with Gasteiger partial charge in [0.1, 0.15) is 11.6 Å². The van der Waals surface area contributed by atoms with Gasteiger partial charge in [0.05, 0.1) is 17.7 Å². The van der Waals surface area contributed by atoms with Crippen molar-refractivity contribution in [3.05, 3.63) is 87.9 Å². The van der Waals surface area contributed by atoms with E-state index in [9.17, 15) is 9.18 Å². The summed E-state index contributed by atoms with van der Waals surface area (Å²) in [7, 11) is 0. The average molecular weight is 380 g/mol. The molecule has 3 aromatic rings. The fourth-order valence-electron chi connectivity index (χ4n) is 2.55. The number of halogens is 1. The first-order valence-corrected chi connectivity index (χ1v) is 9.21. The lowest BCUT2D eigenvalue weighted by Gasteiger charge is -2.21. The second-order valence-corrected chi connectivity index (χ2v) is 6.88. The number of nitrogens with zero attached hydrogens (tertiary/aromatic N) is 1. The van der Waals surface area contributed by atoms with Gasteiger partial charge in [-0.15, -0.1) is 11.3 Å². The molecule has 0 saturated heterocycles. The highest BCUT2D eigenvalue weighted by atomic mass is 32.1. The number of nitriles is 1. The van der Waals surface area contributed by atoms with Crippen LogP contribution in [0.3, 0.4) is 0 Å². The van der Waals surface area contributed by atoms with Gasteiger partial charge >= 0.3 is 0 Å². The molecule has 0 unspecified atom stereocenters. The molecule has 1 heterocycles. The lowest BCUT2D eigenvalue weighted by Crippen LogP contribution is -2.38. The van der Waals surface area contributed by atoms with Crippen molar-refractivity contribution in [2.24, 2.45) is 0 Å². The zero-order chi connectivity index (χ0) is 19.2. The van der Waals surface area contributed by atoms with Gasteiger partial charge < -0.3 is 10.1 Å². The molecule has 1 N–H and O–H groups in total. The summed E-state index contributed by atoms with van der Waals surface area (Å²) >= 11 is 1.51. The Hall–Kier alpha value is -3.17. The zero-order valence-corrected chi connectivity index (χ0v) is 15.4. The number of benzene rings is 2. The summed E-state index contributed by atoms with van der Waals surface area (Å²) in [4.78, 5) is 13.6. The Morgan fingerprint density at radius 1 is 1.15 bits per heavy atom. The average Bonchev–Trinajstić information content (AvgIpc) is 3.22. The smallest absolute Gasteiger partial charge is 0.261 e. The number of hydrogen-bond acceptors (Lipinski definition) is 4. The molecule has 0 saturated carbocycles. The van der Waals surface area contributed by atoms with E-state index in [0.29, 0.717) is 11.3 Å². The Morgan fingerprint density at radius 3 is 2.44 bits per heavy atom. The summed E-state index contributed by atoms with van der Waals surface area (Å²) in [6.45, 7) is 1.66. The molecule has 0 aliphatic rings. The molecule has 0 fully saturated rings. The normalized spacial score (nSPS) is 12.6. The third kappa shape index (κ3) is 4.72. The van der Waals surface area contributed by atoms with E-state index in [1.54, 1.807) is 43.3 Å². The molecule has 0 aliphatic heterocycles. The third-order valence-corrected chi connectivity index (χ3v) is 4.92. The summed E-state index contributed by atoms with van der Waals surface area (Å²) in [6.07, 6.45) is -0.735. The van der Waals surface area contributed by atoms with Crippen LogP contribution < -0.4 is 10.1 Å². The van der Waals surface area contributed by atoms with Gasteiger partial charge in [-0.3, -0.25) is 4.79 Å². The van der Waals surface area contributed by atoms with Crippen molar-refractivity contribution in [2.75, 3.05) is 0 Å². The highest BCUT2D eigenvalue weighted by Crippen LogP contribution is 2.26. The van der Waals surface area contributed by atoms with E-state index in [0.717, 1.165) is 10.4 Å². The van der Waals surface area contributed by atoms with Crippen LogP contribution in [0.2, 0.25) is 0 Å². The molecule has 0 spiro atoms. The SMILES string of the molecule is C[C@H](Oc1ccc(C#N)cc1)C(=O)N[C@H](c1ccc(F)cc1)c1cccs1. The van der Waals surface area contributed by atoms with Crippen LogP contribution >= 0.6 is 11.3 Å². The molecule has 6 heteroatoms. The Bertz CT molecular complexity index is 932. The maximum atomic E-state index is 13.3. The minimum absolute atomic E-state index is 0.290. The molecule has 2 aromatic carbocycles. The third-order valence-electron chi connectivity index (χ3n) is 3.98. The summed E-state index contributed by atoms with van der Waals surface area (Å²) in [5.41, 5.74) is 1.31. The first kappa shape index (κ1) is 18.6. The molecule has 4 nitrogen and oxygen atoms in total. The Labute approximate surface area is 160 Å². The second kappa shape index (κ2) is 8.47. The van der Waals surface area contributed by atoms with Crippen LogP contribution in [-0.2, 0) is 4.79 Å². The Balaban J connectivity index is 1.73. The second-order valence-electron chi connectivity index (χ2n) is 5.90. The van der Waals surface area contributed by atoms with E-state index in [2.05, 4.69) is 5.32 Å². The highest BCUT2D eigenvalue weighted by molar-refractivity contribution is 7.10. The molecule has 0 bridgehead atoms. The summed E-state index contributed by atoms with van der Waals surface area (Å²) in [5.74, 6) is -0.110. The van der Waals surface area contributed by atoms with Gasteiger partial charge in [0.15, 0.2) is 6.10 Å². The largest absolute Gasteiger partial charge is 0.481 e. The minimum atomic E-state index is -0.735. The number of carbonyl (C=O) groups excluding carboxylic acids is 1. The Kier molecular flexibility index (Phi) is 5.84. The molecule has 1 aromatic heterocycles. The zero-order valence-electron chi connectivity index (χ0n) is 14.6. The monoisotopic (exact) mass is 380 g/mol. The topological polar surface area (TPSA) is 62.1 Å². The van der Waals surface area contributed by atoms with Gasteiger partial charge in [0.25, 0.3) is 5.91 Å². The van der Waals surface area contributed by atoms with Crippen molar-refractivity contribution in [2.45, 2.75) is 19.1 Å². The standard InChI is InChI=1S/C21H17FN2O2S/c1-14(26-18-10-4-15(13-23)5-11-18)21(25)24-20(19-3-2-12-27-19)16-6-8-17(22)9-7-16/h2-12,14,20H,1H3,(H,24,25)/t14-,20+/m0/s1. The summed E-state index contributed by atoms with van der Waals surface area (Å²) in [6, 6.07) is 18.1. The van der Waals surface area contributed by atoms with Crippen molar-refractivity contribution in [3.63, 3.8) is 0 Å². The summed E-state index contributed by atoms with van der Waals surface area (Å²) < 4.78 is 18.9. The van der Waals surface area contributed by atoms with Crippen LogP contribution in [0.25, 0.3) is 0 Å². The van der Waals surface area contributed by atoms with E-state index in [1.165, 1.54) is 23.5 Å². The van der Waals surface area contributed by atoms with Gasteiger partial charge in [0.2, 0.25) is 0 Å². The van der Waals surface area contributed by atoms with E-state index in [4.69, 9.17) is 10.00 Å². The predicted molar refractivity (Wildman–Crippen MR) is 102 cm³/mol. The first-order valence-electron chi connectivity index (χ1n) is 8.33. The lowest BCUT2D eigenvalue weighted by molar-refractivity contribution is -0.127. The minimum Gasteiger partial charge on any atom is -0.481 e. The van der Waals surface area contributed by atoms with Gasteiger partial charge in [-0.05, 0) is 60.3 Å². The molecule has 0 aliphatic carbocycles. The van der Waals surface area contributed by atoms with Crippen LogP contribution in [-0.4, -0.2) is 12.0 Å². The van der Waals surface area contributed by atoms with E-state index in [-0.39, 0.29) is 17.8 Å². The number of rotatable bonds is 6. The van der Waals surface area contributed by atoms with Crippen LogP contribution in [0.4, 0.5) is 4.39 Å². The van der Waals surface area contributed by atoms with E-state index in [1.807, 2.05) is 23.6 Å². The van der Waals surface area contributed by atoms with Gasteiger partial charge in [-0.2, -0.15) is 5.26 Å². The van der Waals surface area contributed by atoms with Gasteiger partial charge in [-0.25, -0.2) is 4.39 Å². The molecular weight excluding hydrogens is 363 g/mol. The van der Waals surface area contributed by atoms with E-state index >= 15 is 0 Å². The van der Waals surface area contributed by atoms with Crippen molar-refractivity contribution < 1.29 is 13.9 Å². The fourth-order valence-corrected chi connectivity index (χ4v) is 3.36. The molecule has 136 valence electrons. The number of ether oxygens (including phenoxy) is 1. The molecule has 2 atom stereocenters. The molecule has 0 radical (unpaired) electrons. The van der Waals surface area contributed by atoms with Gasteiger partial charge in [0, 0.05) is 4.88 Å². The maximum Gasteiger partial charge on any atom is 0.261 e. The number of amides is 1. The quantitative estimate of drug-likeness (QED) is 0.688. The molecule has 1 amide bonds. The predicted octanol–water partition coefficient (Wildman–Crippen LogP) is 4.43. The van der Waals surface area contributed by atoms with Crippen molar-refractivity contribution in [1.82, 2.24) is 5.32 Å². The van der Waals surface area contributed by atoms with Crippen LogP contribution in [0.5, 0.6) is 5.75 Å². The Morgan fingerprint density at radius 2 is 1.85 bits per heavy atom. The fraction of sp³-hybridized carbons (Fsp3) is 0.143. The van der Waals surface area contributed by atoms with Crippen LogP contribution in [0.15, 0.2) is 66.0 Å². The van der Waals surface area contributed by atoms with E-state index < -0.39 is 6.10 Å². The van der Waals surface area contributed by atoms with Crippen molar-refractivity contribution >= 4 is 17.2 Å². The van der Waals surface area contributed by atoms with Crippen molar-refractivity contribution in [3.8, 4) is 11.8 Å². The molecule has 27 heavy (non-hydrogen) atoms. The molecular formula is C21H17FN2O2S. The number of nitrogens with one attached hydrogen (secondary N) is 1. The van der Waals surface area contributed by atoms with Crippen LogP contribution in [0.1, 0.15) is 29.0 Å². The highest BCUT2D eigenvalue weighted by Gasteiger charge is 2.22. The lowest BCUT2D eigenvalue weighted by atomic mass is 10.0.